The first-order valence-electron chi connectivity index (χ1n) is 9.11. The third kappa shape index (κ3) is 6.80. The summed E-state index contributed by atoms with van der Waals surface area (Å²) in [5.74, 6) is -0.420. The molecular weight excluding hydrogens is 380 g/mol. The van der Waals surface area contributed by atoms with Crippen LogP contribution in [0.3, 0.4) is 0 Å². The van der Waals surface area contributed by atoms with Crippen LogP contribution in [0.25, 0.3) is 0 Å². The van der Waals surface area contributed by atoms with Crippen LogP contribution in [0.4, 0.5) is 5.13 Å². The van der Waals surface area contributed by atoms with E-state index in [4.69, 9.17) is 4.42 Å². The summed E-state index contributed by atoms with van der Waals surface area (Å²) < 4.78 is 5.15. The zero-order chi connectivity index (χ0) is 20.7. The molecule has 2 rings (SSSR count). The van der Waals surface area contributed by atoms with Gasteiger partial charge in [-0.15, -0.1) is 11.3 Å². The molecule has 0 fully saturated rings. The van der Waals surface area contributed by atoms with E-state index in [9.17, 15) is 14.4 Å². The van der Waals surface area contributed by atoms with Crippen molar-refractivity contribution in [2.75, 3.05) is 18.4 Å². The Balaban J connectivity index is 1.95. The third-order valence-electron chi connectivity index (χ3n) is 3.53. The molecule has 8 nitrogen and oxygen atoms in total. The van der Waals surface area contributed by atoms with E-state index < -0.39 is 0 Å². The Bertz CT molecular complexity index is 799. The summed E-state index contributed by atoms with van der Waals surface area (Å²) in [7, 11) is 0. The van der Waals surface area contributed by atoms with Crippen molar-refractivity contribution < 1.29 is 18.8 Å². The van der Waals surface area contributed by atoms with Crippen LogP contribution in [0.1, 0.15) is 43.9 Å². The molecule has 28 heavy (non-hydrogen) atoms. The normalized spacial score (nSPS) is 10.9. The summed E-state index contributed by atoms with van der Waals surface area (Å²) in [5, 5.41) is 7.62. The highest BCUT2D eigenvalue weighted by Crippen LogP contribution is 2.16. The lowest BCUT2D eigenvalue weighted by molar-refractivity contribution is -0.121. The van der Waals surface area contributed by atoms with Crippen molar-refractivity contribution in [2.24, 2.45) is 5.92 Å². The van der Waals surface area contributed by atoms with Gasteiger partial charge in [0.1, 0.15) is 6.54 Å². The number of rotatable bonds is 9. The van der Waals surface area contributed by atoms with Gasteiger partial charge in [0.05, 0.1) is 18.4 Å². The number of carbonyl (C=O) groups is 3. The fourth-order valence-electron chi connectivity index (χ4n) is 2.53. The third-order valence-corrected chi connectivity index (χ3v) is 4.34. The summed E-state index contributed by atoms with van der Waals surface area (Å²) in [6.07, 6.45) is 1.58. The summed E-state index contributed by atoms with van der Waals surface area (Å²) in [5.41, 5.74) is 0.587. The van der Waals surface area contributed by atoms with Gasteiger partial charge >= 0.3 is 0 Å². The molecule has 0 bridgehead atoms. The highest BCUT2D eigenvalue weighted by molar-refractivity contribution is 7.13. The van der Waals surface area contributed by atoms with E-state index >= 15 is 0 Å². The lowest BCUT2D eigenvalue weighted by Crippen LogP contribution is -2.40. The molecule has 2 N–H and O–H groups in total. The highest BCUT2D eigenvalue weighted by Gasteiger charge is 2.22. The molecule has 2 aromatic rings. The average molecular weight is 407 g/mol. The van der Waals surface area contributed by atoms with Crippen molar-refractivity contribution in [3.05, 3.63) is 35.2 Å². The van der Waals surface area contributed by atoms with Crippen LogP contribution in [-0.4, -0.2) is 46.7 Å². The number of carbonyl (C=O) groups excluding carboxylic acids is 3. The first-order chi connectivity index (χ1) is 13.2. The second-order valence-electron chi connectivity index (χ2n) is 7.15. The Hall–Kier alpha value is -2.68. The van der Waals surface area contributed by atoms with Gasteiger partial charge in [0.25, 0.3) is 5.91 Å². The molecular formula is C19H26N4O4S. The van der Waals surface area contributed by atoms with Crippen molar-refractivity contribution in [1.29, 1.82) is 0 Å². The predicted octanol–water partition coefficient (Wildman–Crippen LogP) is 2.54. The van der Waals surface area contributed by atoms with E-state index in [2.05, 4.69) is 15.6 Å². The fourth-order valence-corrected chi connectivity index (χ4v) is 3.26. The van der Waals surface area contributed by atoms with Crippen molar-refractivity contribution in [2.45, 2.75) is 40.2 Å². The molecule has 0 radical (unpaired) electrons. The number of nitrogens with one attached hydrogen (secondary N) is 2. The number of amides is 3. The fraction of sp³-hybridized carbons (Fsp3) is 0.474. The number of nitrogens with zero attached hydrogens (tertiary/aromatic N) is 2. The molecule has 0 atom stereocenters. The first kappa shape index (κ1) is 21.6. The molecule has 0 aliphatic rings. The van der Waals surface area contributed by atoms with Gasteiger partial charge in [-0.2, -0.15) is 0 Å². The molecule has 2 heterocycles. The molecule has 0 unspecified atom stereocenters. The summed E-state index contributed by atoms with van der Waals surface area (Å²) in [6, 6.07) is 3.26. The van der Waals surface area contributed by atoms with Gasteiger partial charge in [0.15, 0.2) is 10.9 Å². The quantitative estimate of drug-likeness (QED) is 0.666. The van der Waals surface area contributed by atoms with E-state index in [0.717, 1.165) is 0 Å². The second-order valence-corrected chi connectivity index (χ2v) is 8.01. The monoisotopic (exact) mass is 406 g/mol. The molecule has 0 saturated heterocycles. The Morgan fingerprint density at radius 1 is 1.21 bits per heavy atom. The number of anilines is 1. The number of hydrogen-bond donors (Lipinski definition) is 2. The van der Waals surface area contributed by atoms with Gasteiger partial charge < -0.3 is 20.0 Å². The van der Waals surface area contributed by atoms with Gasteiger partial charge in [-0.25, -0.2) is 4.98 Å². The lowest BCUT2D eigenvalue weighted by atomic mass is 10.2. The van der Waals surface area contributed by atoms with Crippen LogP contribution < -0.4 is 10.6 Å². The maximum absolute atomic E-state index is 12.5. The predicted molar refractivity (Wildman–Crippen MR) is 107 cm³/mol. The Morgan fingerprint density at radius 2 is 1.96 bits per heavy atom. The minimum absolute atomic E-state index is 0.0592. The molecule has 3 amide bonds. The van der Waals surface area contributed by atoms with Crippen LogP contribution >= 0.6 is 11.3 Å². The molecule has 0 saturated carbocycles. The topological polar surface area (TPSA) is 105 Å². The van der Waals surface area contributed by atoms with Crippen LogP contribution in [0.15, 0.2) is 28.2 Å². The van der Waals surface area contributed by atoms with Crippen LogP contribution in [-0.2, 0) is 16.0 Å². The minimum atomic E-state index is -0.354. The lowest BCUT2D eigenvalue weighted by Gasteiger charge is -2.22. The van der Waals surface area contributed by atoms with E-state index in [1.807, 2.05) is 27.7 Å². The second kappa shape index (κ2) is 10.0. The standard InChI is InChI=1S/C19H26N4O4S/c1-12(2)9-23(18(26)15-6-5-7-27-15)10-17(25)22-19-21-14(11-28-19)8-16(24)20-13(3)4/h5-7,11-13H,8-10H2,1-4H3,(H,20,24)(H,21,22,25). The number of aromatic nitrogens is 1. The molecule has 0 aliphatic carbocycles. The first-order valence-corrected chi connectivity index (χ1v) is 9.99. The van der Waals surface area contributed by atoms with Gasteiger partial charge in [-0.3, -0.25) is 14.4 Å². The molecule has 2 aromatic heterocycles. The van der Waals surface area contributed by atoms with Crippen molar-refractivity contribution in [3.8, 4) is 0 Å². The van der Waals surface area contributed by atoms with Crippen LogP contribution in [0.2, 0.25) is 0 Å². The summed E-state index contributed by atoms with van der Waals surface area (Å²) >= 11 is 1.24. The molecule has 152 valence electrons. The maximum Gasteiger partial charge on any atom is 0.290 e. The average Bonchev–Trinajstić information content (AvgIpc) is 3.24. The van der Waals surface area contributed by atoms with E-state index in [-0.39, 0.29) is 48.4 Å². The van der Waals surface area contributed by atoms with E-state index in [0.29, 0.717) is 17.4 Å². The zero-order valence-corrected chi connectivity index (χ0v) is 17.3. The largest absolute Gasteiger partial charge is 0.459 e. The number of thiazole rings is 1. The van der Waals surface area contributed by atoms with Gasteiger partial charge in [-0.1, -0.05) is 13.8 Å². The van der Waals surface area contributed by atoms with E-state index in [1.54, 1.807) is 17.5 Å². The smallest absolute Gasteiger partial charge is 0.290 e. The summed E-state index contributed by atoms with van der Waals surface area (Å²) in [6.45, 7) is 8.02. The zero-order valence-electron chi connectivity index (χ0n) is 16.5. The van der Waals surface area contributed by atoms with Crippen LogP contribution in [0, 0.1) is 5.92 Å². The van der Waals surface area contributed by atoms with Crippen LogP contribution in [0.5, 0.6) is 0 Å². The minimum Gasteiger partial charge on any atom is -0.459 e. The Morgan fingerprint density at radius 3 is 2.57 bits per heavy atom. The van der Waals surface area contributed by atoms with Gasteiger partial charge in [0, 0.05) is 18.0 Å². The molecule has 0 aliphatic heterocycles. The Labute approximate surface area is 168 Å². The molecule has 0 aromatic carbocycles. The van der Waals surface area contributed by atoms with Crippen molar-refractivity contribution in [3.63, 3.8) is 0 Å². The molecule has 9 heteroatoms. The SMILES string of the molecule is CC(C)CN(CC(=O)Nc1nc(CC(=O)NC(C)C)cs1)C(=O)c1ccco1. The number of furan rings is 1. The van der Waals surface area contributed by atoms with E-state index in [1.165, 1.54) is 22.5 Å². The van der Waals surface area contributed by atoms with Crippen molar-refractivity contribution in [1.82, 2.24) is 15.2 Å². The Kier molecular flexibility index (Phi) is 7.74. The van der Waals surface area contributed by atoms with Crippen molar-refractivity contribution >= 4 is 34.2 Å². The molecule has 0 spiro atoms. The van der Waals surface area contributed by atoms with Gasteiger partial charge in [-0.05, 0) is 31.9 Å². The van der Waals surface area contributed by atoms with Gasteiger partial charge in [0.2, 0.25) is 11.8 Å². The maximum atomic E-state index is 12.5. The summed E-state index contributed by atoms with van der Waals surface area (Å²) in [4.78, 5) is 42.5. The number of hydrogen-bond acceptors (Lipinski definition) is 6. The highest BCUT2D eigenvalue weighted by atomic mass is 32.1.